The van der Waals surface area contributed by atoms with Crippen LogP contribution in [-0.2, 0) is 32.4 Å². The van der Waals surface area contributed by atoms with Gasteiger partial charge in [0.15, 0.2) is 9.84 Å². The second-order valence-corrected chi connectivity index (χ2v) is 8.82. The summed E-state index contributed by atoms with van der Waals surface area (Å²) in [5.41, 5.74) is 1.72. The van der Waals surface area contributed by atoms with Gasteiger partial charge in [0, 0.05) is 19.3 Å². The molecule has 3 heterocycles. The van der Waals surface area contributed by atoms with Crippen molar-refractivity contribution in [2.75, 3.05) is 19.3 Å². The molecule has 1 fully saturated rings. The number of sulfone groups is 1. The molecule has 26 heavy (non-hydrogen) atoms. The minimum atomic E-state index is -3.23. The zero-order valence-electron chi connectivity index (χ0n) is 14.4. The highest BCUT2D eigenvalue weighted by Crippen LogP contribution is 2.30. The maximum atomic E-state index is 12.7. The van der Waals surface area contributed by atoms with Crippen molar-refractivity contribution in [3.63, 3.8) is 0 Å². The summed E-state index contributed by atoms with van der Waals surface area (Å²) in [6.45, 7) is 1.70. The van der Waals surface area contributed by atoms with E-state index in [4.69, 9.17) is 4.74 Å². The molecule has 1 saturated heterocycles. The molecule has 4 rings (SSSR count). The molecule has 0 radical (unpaired) electrons. The van der Waals surface area contributed by atoms with E-state index in [1.165, 1.54) is 6.26 Å². The van der Waals surface area contributed by atoms with E-state index in [9.17, 15) is 13.2 Å². The lowest BCUT2D eigenvalue weighted by atomic mass is 9.99. The number of aromatic nitrogens is 3. The van der Waals surface area contributed by atoms with Crippen LogP contribution in [-0.4, -0.2) is 59.7 Å². The number of likely N-dealkylation sites (tertiary alicyclic amines) is 1. The Labute approximate surface area is 151 Å². The first-order valence-electron chi connectivity index (χ1n) is 8.49. The van der Waals surface area contributed by atoms with Crippen LogP contribution in [0.5, 0.6) is 0 Å². The average molecular weight is 376 g/mol. The molecule has 8 nitrogen and oxygen atoms in total. The van der Waals surface area contributed by atoms with E-state index in [1.807, 2.05) is 9.58 Å². The van der Waals surface area contributed by atoms with Crippen LogP contribution in [0.4, 0.5) is 0 Å². The molecule has 0 saturated carbocycles. The van der Waals surface area contributed by atoms with E-state index in [1.54, 1.807) is 30.5 Å². The molecule has 9 heteroatoms. The van der Waals surface area contributed by atoms with Gasteiger partial charge in [0.25, 0.3) is 0 Å². The Morgan fingerprint density at radius 1 is 1.31 bits per heavy atom. The fourth-order valence-electron chi connectivity index (χ4n) is 3.55. The summed E-state index contributed by atoms with van der Waals surface area (Å²) < 4.78 is 30.8. The lowest BCUT2D eigenvalue weighted by Gasteiger charge is -2.41. The lowest BCUT2D eigenvalue weighted by Crippen LogP contribution is -2.50. The predicted molar refractivity (Wildman–Crippen MR) is 92.1 cm³/mol. The number of nitrogens with zero attached hydrogens (tertiary/aromatic N) is 4. The third-order valence-electron chi connectivity index (χ3n) is 4.99. The Kier molecular flexibility index (Phi) is 4.28. The minimum Gasteiger partial charge on any atom is -0.370 e. The minimum absolute atomic E-state index is 0.00781. The molecular formula is C17H20N4O4S. The highest BCUT2D eigenvalue weighted by atomic mass is 32.2. The Morgan fingerprint density at radius 2 is 2.08 bits per heavy atom. The van der Waals surface area contributed by atoms with E-state index in [2.05, 4.69) is 10.3 Å². The summed E-state index contributed by atoms with van der Waals surface area (Å²) in [6.07, 6.45) is 3.93. The van der Waals surface area contributed by atoms with Gasteiger partial charge in [0.1, 0.15) is 0 Å². The SMILES string of the molecule is CS(=O)(=O)c1ccc(CC(=O)N2CCC3OCc4cnnn4C3C2)cc1. The molecule has 0 spiro atoms. The Morgan fingerprint density at radius 3 is 2.81 bits per heavy atom. The van der Waals surface area contributed by atoms with Gasteiger partial charge in [-0.15, -0.1) is 5.10 Å². The zero-order chi connectivity index (χ0) is 18.3. The van der Waals surface area contributed by atoms with E-state index in [0.29, 0.717) is 19.7 Å². The van der Waals surface area contributed by atoms with Gasteiger partial charge >= 0.3 is 0 Å². The summed E-state index contributed by atoms with van der Waals surface area (Å²) in [7, 11) is -3.23. The quantitative estimate of drug-likeness (QED) is 0.778. The second kappa shape index (κ2) is 6.48. The van der Waals surface area contributed by atoms with Crippen molar-refractivity contribution < 1.29 is 17.9 Å². The Hall–Kier alpha value is -2.26. The molecule has 0 N–H and O–H groups in total. The maximum Gasteiger partial charge on any atom is 0.227 e. The zero-order valence-corrected chi connectivity index (χ0v) is 15.2. The molecule has 1 aromatic carbocycles. The topological polar surface area (TPSA) is 94.4 Å². The number of carbonyl (C=O) groups excluding carboxylic acids is 1. The number of benzene rings is 1. The number of rotatable bonds is 3. The summed E-state index contributed by atoms with van der Waals surface area (Å²) in [4.78, 5) is 14.8. The molecular weight excluding hydrogens is 356 g/mol. The van der Waals surface area contributed by atoms with Crippen molar-refractivity contribution in [2.45, 2.75) is 36.5 Å². The molecule has 2 aliphatic heterocycles. The summed E-state index contributed by atoms with van der Waals surface area (Å²) in [5.74, 6) is 0.0165. The number of hydrogen-bond donors (Lipinski definition) is 0. The van der Waals surface area contributed by atoms with Crippen molar-refractivity contribution in [1.29, 1.82) is 0 Å². The average Bonchev–Trinajstić information content (AvgIpc) is 3.10. The molecule has 0 bridgehead atoms. The summed E-state index contributed by atoms with van der Waals surface area (Å²) >= 11 is 0. The number of fused-ring (bicyclic) bond motifs is 3. The first-order chi connectivity index (χ1) is 12.4. The van der Waals surface area contributed by atoms with Crippen molar-refractivity contribution in [2.24, 2.45) is 0 Å². The van der Waals surface area contributed by atoms with Gasteiger partial charge in [-0.25, -0.2) is 13.1 Å². The number of carbonyl (C=O) groups is 1. The number of piperidine rings is 1. The van der Waals surface area contributed by atoms with Crippen molar-refractivity contribution in [1.82, 2.24) is 19.9 Å². The third-order valence-corrected chi connectivity index (χ3v) is 6.12. The highest BCUT2D eigenvalue weighted by Gasteiger charge is 2.37. The standard InChI is InChI=1S/C17H20N4O4S/c1-26(23,24)14-4-2-12(3-5-14)8-17(22)20-7-6-16-15(10-20)21-13(11-25-16)9-18-19-21/h2-5,9,15-16H,6-8,10-11H2,1H3. The molecule has 2 unspecified atom stereocenters. The van der Waals surface area contributed by atoms with Gasteiger partial charge in [-0.1, -0.05) is 17.3 Å². The van der Waals surface area contributed by atoms with E-state index >= 15 is 0 Å². The summed E-state index contributed by atoms with van der Waals surface area (Å²) in [5, 5.41) is 8.08. The van der Waals surface area contributed by atoms with E-state index in [-0.39, 0.29) is 29.4 Å². The number of amides is 1. The van der Waals surface area contributed by atoms with Crippen molar-refractivity contribution >= 4 is 15.7 Å². The fourth-order valence-corrected chi connectivity index (χ4v) is 4.18. The van der Waals surface area contributed by atoms with Crippen LogP contribution in [0.1, 0.15) is 23.7 Å². The van der Waals surface area contributed by atoms with Gasteiger partial charge in [-0.3, -0.25) is 4.79 Å². The van der Waals surface area contributed by atoms with Crippen LogP contribution in [0.15, 0.2) is 35.4 Å². The number of ether oxygens (including phenoxy) is 1. The third kappa shape index (κ3) is 3.24. The van der Waals surface area contributed by atoms with Gasteiger partial charge in [0.05, 0.1) is 42.0 Å². The highest BCUT2D eigenvalue weighted by molar-refractivity contribution is 7.90. The predicted octanol–water partition coefficient (Wildman–Crippen LogP) is 0.596. The van der Waals surface area contributed by atoms with Gasteiger partial charge in [-0.05, 0) is 24.1 Å². The maximum absolute atomic E-state index is 12.7. The summed E-state index contributed by atoms with van der Waals surface area (Å²) in [6, 6.07) is 6.47. The lowest BCUT2D eigenvalue weighted by molar-refractivity contribution is -0.137. The van der Waals surface area contributed by atoms with E-state index < -0.39 is 9.84 Å². The van der Waals surface area contributed by atoms with Crippen molar-refractivity contribution in [3.8, 4) is 0 Å². The smallest absolute Gasteiger partial charge is 0.227 e. The monoisotopic (exact) mass is 376 g/mol. The first-order valence-corrected chi connectivity index (χ1v) is 10.4. The fraction of sp³-hybridized carbons (Fsp3) is 0.471. The van der Waals surface area contributed by atoms with Gasteiger partial charge < -0.3 is 9.64 Å². The number of hydrogen-bond acceptors (Lipinski definition) is 6. The molecule has 0 aliphatic carbocycles. The van der Waals surface area contributed by atoms with Crippen molar-refractivity contribution in [3.05, 3.63) is 41.7 Å². The van der Waals surface area contributed by atoms with Crippen LogP contribution in [0, 0.1) is 0 Å². The molecule has 2 aromatic rings. The van der Waals surface area contributed by atoms with Gasteiger partial charge in [0.2, 0.25) is 5.91 Å². The Bertz CT molecular complexity index is 922. The molecule has 1 amide bonds. The molecule has 2 atom stereocenters. The van der Waals surface area contributed by atoms with Crippen LogP contribution >= 0.6 is 0 Å². The largest absolute Gasteiger partial charge is 0.370 e. The van der Waals surface area contributed by atoms with E-state index in [0.717, 1.165) is 17.7 Å². The Balaban J connectivity index is 1.45. The van der Waals surface area contributed by atoms with Crippen LogP contribution in [0.3, 0.4) is 0 Å². The van der Waals surface area contributed by atoms with Gasteiger partial charge in [-0.2, -0.15) is 0 Å². The molecule has 138 valence electrons. The second-order valence-electron chi connectivity index (χ2n) is 6.81. The molecule has 2 aliphatic rings. The van der Waals surface area contributed by atoms with Crippen LogP contribution in [0.2, 0.25) is 0 Å². The van der Waals surface area contributed by atoms with Crippen LogP contribution < -0.4 is 0 Å². The van der Waals surface area contributed by atoms with Crippen LogP contribution in [0.25, 0.3) is 0 Å². The molecule has 1 aromatic heterocycles. The first kappa shape index (κ1) is 17.2. The normalized spacial score (nSPS) is 22.6.